The van der Waals surface area contributed by atoms with Crippen molar-refractivity contribution in [2.75, 3.05) is 32.1 Å². The molecule has 0 aliphatic rings. The lowest BCUT2D eigenvalue weighted by atomic mass is 10.2. The number of methoxy groups -OCH3 is 1. The molecule has 0 aliphatic carbocycles. The molecule has 0 saturated carbocycles. The minimum atomic E-state index is -0.117. The fraction of sp³-hybridized carbons (Fsp3) is 0.571. The van der Waals surface area contributed by atoms with Gasteiger partial charge in [0.2, 0.25) is 0 Å². The van der Waals surface area contributed by atoms with Crippen LogP contribution in [0, 0.1) is 0 Å². The summed E-state index contributed by atoms with van der Waals surface area (Å²) in [5.74, 6) is -0.117. The van der Waals surface area contributed by atoms with Gasteiger partial charge in [-0.3, -0.25) is 9.78 Å². The van der Waals surface area contributed by atoms with E-state index in [1.807, 2.05) is 6.07 Å². The first-order chi connectivity index (χ1) is 9.27. The second-order valence-corrected chi connectivity index (χ2v) is 4.31. The van der Waals surface area contributed by atoms with Crippen molar-refractivity contribution in [3.05, 3.63) is 24.0 Å². The minimum Gasteiger partial charge on any atom is -0.385 e. The zero-order valence-electron chi connectivity index (χ0n) is 11.7. The van der Waals surface area contributed by atoms with E-state index in [0.29, 0.717) is 12.2 Å². The van der Waals surface area contributed by atoms with Crippen LogP contribution in [0.5, 0.6) is 0 Å². The van der Waals surface area contributed by atoms with Crippen LogP contribution in [0.3, 0.4) is 0 Å². The topological polar surface area (TPSA) is 63.2 Å². The van der Waals surface area contributed by atoms with E-state index in [2.05, 4.69) is 22.5 Å². The van der Waals surface area contributed by atoms with Gasteiger partial charge in [-0.15, -0.1) is 0 Å². The molecule has 106 valence electrons. The molecule has 1 heterocycles. The summed E-state index contributed by atoms with van der Waals surface area (Å²) in [4.78, 5) is 15.9. The standard InChI is InChI=1S/C14H23N3O2/c1-3-4-7-17-14(18)13-11-12(6-9-16-13)15-8-5-10-19-2/h6,9,11H,3-5,7-8,10H2,1-2H3,(H,15,16)(H,17,18). The first-order valence-electron chi connectivity index (χ1n) is 6.75. The highest BCUT2D eigenvalue weighted by Crippen LogP contribution is 2.08. The second-order valence-electron chi connectivity index (χ2n) is 4.31. The van der Waals surface area contributed by atoms with Crippen LogP contribution in [0.15, 0.2) is 18.3 Å². The van der Waals surface area contributed by atoms with Gasteiger partial charge in [-0.1, -0.05) is 13.3 Å². The van der Waals surface area contributed by atoms with Crippen molar-refractivity contribution in [1.29, 1.82) is 0 Å². The van der Waals surface area contributed by atoms with Crippen LogP contribution in [0.25, 0.3) is 0 Å². The van der Waals surface area contributed by atoms with Crippen molar-refractivity contribution in [2.45, 2.75) is 26.2 Å². The molecule has 1 aromatic heterocycles. The number of nitrogens with zero attached hydrogens (tertiary/aromatic N) is 1. The maximum absolute atomic E-state index is 11.8. The maximum atomic E-state index is 11.8. The van der Waals surface area contributed by atoms with E-state index in [0.717, 1.165) is 38.1 Å². The third-order valence-corrected chi connectivity index (χ3v) is 2.66. The molecule has 0 radical (unpaired) electrons. The van der Waals surface area contributed by atoms with E-state index in [-0.39, 0.29) is 5.91 Å². The molecular formula is C14H23N3O2. The number of rotatable bonds is 9. The number of amides is 1. The number of pyridine rings is 1. The van der Waals surface area contributed by atoms with Gasteiger partial charge in [-0.05, 0) is 25.0 Å². The molecule has 0 atom stereocenters. The molecule has 1 rings (SSSR count). The Morgan fingerprint density at radius 2 is 2.21 bits per heavy atom. The average Bonchev–Trinajstić information content (AvgIpc) is 2.44. The van der Waals surface area contributed by atoms with Crippen LogP contribution < -0.4 is 10.6 Å². The van der Waals surface area contributed by atoms with E-state index >= 15 is 0 Å². The summed E-state index contributed by atoms with van der Waals surface area (Å²) >= 11 is 0. The molecule has 19 heavy (non-hydrogen) atoms. The number of hydrogen-bond acceptors (Lipinski definition) is 4. The number of nitrogens with one attached hydrogen (secondary N) is 2. The Morgan fingerprint density at radius 1 is 1.37 bits per heavy atom. The van der Waals surface area contributed by atoms with Gasteiger partial charge in [0.05, 0.1) is 0 Å². The molecule has 0 aromatic carbocycles. The van der Waals surface area contributed by atoms with Crippen molar-refractivity contribution in [3.63, 3.8) is 0 Å². The van der Waals surface area contributed by atoms with Crippen LogP contribution in [0.4, 0.5) is 5.69 Å². The Hall–Kier alpha value is -1.62. The van der Waals surface area contributed by atoms with E-state index in [9.17, 15) is 4.79 Å². The predicted molar refractivity (Wildman–Crippen MR) is 76.5 cm³/mol. The molecular weight excluding hydrogens is 242 g/mol. The van der Waals surface area contributed by atoms with Crippen molar-refractivity contribution >= 4 is 11.6 Å². The first-order valence-corrected chi connectivity index (χ1v) is 6.75. The lowest BCUT2D eigenvalue weighted by Crippen LogP contribution is -2.25. The molecule has 1 amide bonds. The summed E-state index contributed by atoms with van der Waals surface area (Å²) in [5, 5.41) is 6.10. The van der Waals surface area contributed by atoms with Gasteiger partial charge in [-0.25, -0.2) is 0 Å². The Morgan fingerprint density at radius 3 is 2.95 bits per heavy atom. The van der Waals surface area contributed by atoms with Gasteiger partial charge >= 0.3 is 0 Å². The molecule has 2 N–H and O–H groups in total. The van der Waals surface area contributed by atoms with Crippen molar-refractivity contribution in [1.82, 2.24) is 10.3 Å². The van der Waals surface area contributed by atoms with Gasteiger partial charge in [0.15, 0.2) is 0 Å². The molecule has 1 aromatic rings. The fourth-order valence-corrected chi connectivity index (χ4v) is 1.58. The molecule has 0 spiro atoms. The van der Waals surface area contributed by atoms with Crippen molar-refractivity contribution in [2.24, 2.45) is 0 Å². The summed E-state index contributed by atoms with van der Waals surface area (Å²) in [6.45, 7) is 4.33. The highest BCUT2D eigenvalue weighted by atomic mass is 16.5. The van der Waals surface area contributed by atoms with Crippen molar-refractivity contribution < 1.29 is 9.53 Å². The van der Waals surface area contributed by atoms with Crippen LogP contribution in [0.2, 0.25) is 0 Å². The number of aromatic nitrogens is 1. The Balaban J connectivity index is 2.44. The van der Waals surface area contributed by atoms with Crippen LogP contribution in [0.1, 0.15) is 36.7 Å². The van der Waals surface area contributed by atoms with E-state index in [1.54, 1.807) is 19.4 Å². The Labute approximate surface area is 114 Å². The largest absolute Gasteiger partial charge is 0.385 e. The minimum absolute atomic E-state index is 0.117. The van der Waals surface area contributed by atoms with Crippen LogP contribution in [-0.2, 0) is 4.74 Å². The molecule has 0 fully saturated rings. The smallest absolute Gasteiger partial charge is 0.269 e. The summed E-state index contributed by atoms with van der Waals surface area (Å²) in [6, 6.07) is 3.63. The van der Waals surface area contributed by atoms with Crippen molar-refractivity contribution in [3.8, 4) is 0 Å². The monoisotopic (exact) mass is 265 g/mol. The third kappa shape index (κ3) is 6.20. The second kappa shape index (κ2) is 9.33. The van der Waals surface area contributed by atoms with E-state index in [1.165, 1.54) is 0 Å². The highest BCUT2D eigenvalue weighted by Gasteiger charge is 2.06. The van der Waals surface area contributed by atoms with Gasteiger partial charge in [-0.2, -0.15) is 0 Å². The maximum Gasteiger partial charge on any atom is 0.269 e. The summed E-state index contributed by atoms with van der Waals surface area (Å²) in [7, 11) is 1.69. The van der Waals surface area contributed by atoms with Gasteiger partial charge < -0.3 is 15.4 Å². The molecule has 5 nitrogen and oxygen atoms in total. The SMILES string of the molecule is CCCCNC(=O)c1cc(NCCCOC)ccn1. The van der Waals surface area contributed by atoms with E-state index < -0.39 is 0 Å². The third-order valence-electron chi connectivity index (χ3n) is 2.66. The summed E-state index contributed by atoms with van der Waals surface area (Å²) in [5.41, 5.74) is 1.36. The lowest BCUT2D eigenvalue weighted by Gasteiger charge is -2.08. The molecule has 0 aliphatic heterocycles. The average molecular weight is 265 g/mol. The quantitative estimate of drug-likeness (QED) is 0.671. The highest BCUT2D eigenvalue weighted by molar-refractivity contribution is 5.93. The number of ether oxygens (including phenoxy) is 1. The number of carbonyl (C=O) groups excluding carboxylic acids is 1. The number of carbonyl (C=O) groups is 1. The normalized spacial score (nSPS) is 10.2. The Kier molecular flexibility index (Phi) is 7.58. The molecule has 0 saturated heterocycles. The molecule has 0 bridgehead atoms. The fourth-order valence-electron chi connectivity index (χ4n) is 1.58. The zero-order chi connectivity index (χ0) is 13.9. The van der Waals surface area contributed by atoms with Gasteiger partial charge in [0, 0.05) is 38.7 Å². The Bertz CT molecular complexity index is 383. The number of unbranched alkanes of at least 4 members (excludes halogenated alkanes) is 1. The molecule has 5 heteroatoms. The van der Waals surface area contributed by atoms with Crippen LogP contribution in [-0.4, -0.2) is 37.7 Å². The zero-order valence-corrected chi connectivity index (χ0v) is 11.7. The number of anilines is 1. The van der Waals surface area contributed by atoms with Gasteiger partial charge in [0.1, 0.15) is 5.69 Å². The van der Waals surface area contributed by atoms with Gasteiger partial charge in [0.25, 0.3) is 5.91 Å². The van der Waals surface area contributed by atoms with Crippen LogP contribution >= 0.6 is 0 Å². The summed E-state index contributed by atoms with van der Waals surface area (Å²) < 4.78 is 4.98. The number of hydrogen-bond donors (Lipinski definition) is 2. The lowest BCUT2D eigenvalue weighted by molar-refractivity contribution is 0.0948. The molecule has 0 unspecified atom stereocenters. The summed E-state index contributed by atoms with van der Waals surface area (Å²) in [6.07, 6.45) is 4.62. The predicted octanol–water partition coefficient (Wildman–Crippen LogP) is 2.06. The van der Waals surface area contributed by atoms with E-state index in [4.69, 9.17) is 4.74 Å². The first kappa shape index (κ1) is 15.4.